The molecular formula is C18H21FN2O4S. The summed E-state index contributed by atoms with van der Waals surface area (Å²) in [7, 11) is -2.24. The summed E-state index contributed by atoms with van der Waals surface area (Å²) in [5.74, 6) is -0.0252. The molecule has 2 aromatic rings. The third-order valence-electron chi connectivity index (χ3n) is 3.83. The van der Waals surface area contributed by atoms with Gasteiger partial charge >= 0.3 is 0 Å². The van der Waals surface area contributed by atoms with E-state index in [9.17, 15) is 17.6 Å². The number of hydrogen-bond donors (Lipinski definition) is 1. The standard InChI is InChI=1S/C18H21FN2O4S/c1-13-12-17(8-9-18(13)19)26(23,24)20-10-11-21(14(2)22)15-4-6-16(25-3)7-5-15/h4-9,12,20H,10-11H2,1-3H3. The number of anilines is 1. The van der Waals surface area contributed by atoms with Crippen molar-refractivity contribution in [3.63, 3.8) is 0 Å². The number of aryl methyl sites for hydroxylation is 1. The van der Waals surface area contributed by atoms with E-state index in [1.54, 1.807) is 31.4 Å². The SMILES string of the molecule is COc1ccc(N(CCNS(=O)(=O)c2ccc(F)c(C)c2)C(C)=O)cc1. The predicted octanol–water partition coefficient (Wildman–Crippen LogP) is 2.47. The van der Waals surface area contributed by atoms with Gasteiger partial charge in [0.15, 0.2) is 0 Å². The van der Waals surface area contributed by atoms with Gasteiger partial charge in [0, 0.05) is 25.7 Å². The van der Waals surface area contributed by atoms with Crippen LogP contribution in [0.1, 0.15) is 12.5 Å². The Morgan fingerprint density at radius 3 is 2.38 bits per heavy atom. The lowest BCUT2D eigenvalue weighted by Gasteiger charge is -2.21. The number of halogens is 1. The second-order valence-electron chi connectivity index (χ2n) is 5.68. The number of carbonyl (C=O) groups is 1. The minimum Gasteiger partial charge on any atom is -0.497 e. The van der Waals surface area contributed by atoms with Crippen LogP contribution in [0.25, 0.3) is 0 Å². The normalized spacial score (nSPS) is 11.2. The summed E-state index contributed by atoms with van der Waals surface area (Å²) in [5.41, 5.74) is 0.881. The van der Waals surface area contributed by atoms with Crippen LogP contribution in [0.3, 0.4) is 0 Å². The van der Waals surface area contributed by atoms with Crippen molar-refractivity contribution >= 4 is 21.6 Å². The molecule has 0 spiro atoms. The lowest BCUT2D eigenvalue weighted by Crippen LogP contribution is -2.37. The van der Waals surface area contributed by atoms with E-state index in [0.29, 0.717) is 11.4 Å². The van der Waals surface area contributed by atoms with Crippen molar-refractivity contribution in [3.05, 3.63) is 53.8 Å². The zero-order chi connectivity index (χ0) is 19.3. The maximum atomic E-state index is 13.3. The molecule has 0 atom stereocenters. The first-order valence-electron chi connectivity index (χ1n) is 7.92. The number of benzene rings is 2. The van der Waals surface area contributed by atoms with E-state index in [0.717, 1.165) is 6.07 Å². The van der Waals surface area contributed by atoms with Crippen molar-refractivity contribution in [2.45, 2.75) is 18.7 Å². The first-order valence-corrected chi connectivity index (χ1v) is 9.41. The maximum absolute atomic E-state index is 13.3. The van der Waals surface area contributed by atoms with Crippen LogP contribution in [0.15, 0.2) is 47.4 Å². The van der Waals surface area contributed by atoms with Crippen LogP contribution in [0.2, 0.25) is 0 Å². The average Bonchev–Trinajstić information content (AvgIpc) is 2.61. The summed E-state index contributed by atoms with van der Waals surface area (Å²) in [6, 6.07) is 10.5. The molecule has 0 heterocycles. The smallest absolute Gasteiger partial charge is 0.240 e. The largest absolute Gasteiger partial charge is 0.497 e. The fourth-order valence-electron chi connectivity index (χ4n) is 2.39. The van der Waals surface area contributed by atoms with Crippen molar-refractivity contribution in [1.82, 2.24) is 4.72 Å². The quantitative estimate of drug-likeness (QED) is 0.801. The van der Waals surface area contributed by atoms with Gasteiger partial charge in [-0.15, -0.1) is 0 Å². The number of methoxy groups -OCH3 is 1. The molecule has 2 rings (SSSR count). The van der Waals surface area contributed by atoms with Crippen molar-refractivity contribution in [2.24, 2.45) is 0 Å². The van der Waals surface area contributed by atoms with E-state index < -0.39 is 15.8 Å². The first kappa shape index (κ1) is 19.9. The van der Waals surface area contributed by atoms with Crippen LogP contribution in [0.5, 0.6) is 5.75 Å². The highest BCUT2D eigenvalue weighted by Crippen LogP contribution is 2.19. The summed E-state index contributed by atoms with van der Waals surface area (Å²) in [6.45, 7) is 3.07. The Morgan fingerprint density at radius 2 is 1.85 bits per heavy atom. The lowest BCUT2D eigenvalue weighted by molar-refractivity contribution is -0.116. The number of carbonyl (C=O) groups excluding carboxylic acids is 1. The highest BCUT2D eigenvalue weighted by Gasteiger charge is 2.17. The number of amides is 1. The predicted molar refractivity (Wildman–Crippen MR) is 97.3 cm³/mol. The molecule has 0 radical (unpaired) electrons. The number of sulfonamides is 1. The molecule has 0 bridgehead atoms. The Kier molecular flexibility index (Phi) is 6.33. The molecule has 6 nitrogen and oxygen atoms in total. The fourth-order valence-corrected chi connectivity index (χ4v) is 3.50. The third-order valence-corrected chi connectivity index (χ3v) is 5.29. The summed E-state index contributed by atoms with van der Waals surface area (Å²) in [5, 5.41) is 0. The monoisotopic (exact) mass is 380 g/mol. The lowest BCUT2D eigenvalue weighted by atomic mass is 10.2. The Bertz CT molecular complexity index is 883. The van der Waals surface area contributed by atoms with Crippen molar-refractivity contribution < 1.29 is 22.3 Å². The van der Waals surface area contributed by atoms with Crippen molar-refractivity contribution in [1.29, 1.82) is 0 Å². The molecule has 0 aliphatic carbocycles. The number of hydrogen-bond acceptors (Lipinski definition) is 4. The minimum atomic E-state index is -3.79. The number of rotatable bonds is 7. The van der Waals surface area contributed by atoms with Crippen molar-refractivity contribution in [3.8, 4) is 5.75 Å². The zero-order valence-corrected chi connectivity index (χ0v) is 15.6. The molecule has 0 saturated carbocycles. The van der Waals surface area contributed by atoms with Gasteiger partial charge in [-0.25, -0.2) is 17.5 Å². The van der Waals surface area contributed by atoms with Crippen LogP contribution in [0.4, 0.5) is 10.1 Å². The van der Waals surface area contributed by atoms with E-state index in [-0.39, 0.29) is 29.5 Å². The molecule has 0 unspecified atom stereocenters. The topological polar surface area (TPSA) is 75.7 Å². The van der Waals surface area contributed by atoms with Gasteiger partial charge in [-0.1, -0.05) is 0 Å². The fraction of sp³-hybridized carbons (Fsp3) is 0.278. The average molecular weight is 380 g/mol. The summed E-state index contributed by atoms with van der Waals surface area (Å²) in [4.78, 5) is 13.3. The minimum absolute atomic E-state index is 0.0182. The highest BCUT2D eigenvalue weighted by molar-refractivity contribution is 7.89. The summed E-state index contributed by atoms with van der Waals surface area (Å²) in [6.07, 6.45) is 0. The van der Waals surface area contributed by atoms with Gasteiger partial charge in [0.1, 0.15) is 11.6 Å². The second-order valence-corrected chi connectivity index (χ2v) is 7.44. The van der Waals surface area contributed by atoms with E-state index in [1.165, 1.54) is 30.9 Å². The molecular weight excluding hydrogens is 359 g/mol. The van der Waals surface area contributed by atoms with Gasteiger partial charge in [0.25, 0.3) is 0 Å². The van der Waals surface area contributed by atoms with Gasteiger partial charge in [-0.2, -0.15) is 0 Å². The molecule has 0 aliphatic heterocycles. The van der Waals surface area contributed by atoms with Crippen LogP contribution < -0.4 is 14.4 Å². The molecule has 0 aliphatic rings. The molecule has 140 valence electrons. The Labute approximate surface area is 152 Å². The number of nitrogens with zero attached hydrogens (tertiary/aromatic N) is 1. The summed E-state index contributed by atoms with van der Waals surface area (Å²) < 4.78 is 45.4. The van der Waals surface area contributed by atoms with Crippen molar-refractivity contribution in [2.75, 3.05) is 25.1 Å². The van der Waals surface area contributed by atoms with Crippen LogP contribution >= 0.6 is 0 Å². The Balaban J connectivity index is 2.06. The number of ether oxygens (including phenoxy) is 1. The van der Waals surface area contributed by atoms with Gasteiger partial charge in [-0.05, 0) is 55.0 Å². The van der Waals surface area contributed by atoms with E-state index in [2.05, 4.69) is 4.72 Å². The molecule has 0 saturated heterocycles. The van der Waals surface area contributed by atoms with Gasteiger partial charge in [0.05, 0.1) is 12.0 Å². The van der Waals surface area contributed by atoms with Gasteiger partial charge in [-0.3, -0.25) is 4.79 Å². The Hall–Kier alpha value is -2.45. The van der Waals surface area contributed by atoms with Crippen LogP contribution in [0, 0.1) is 12.7 Å². The van der Waals surface area contributed by atoms with Crippen LogP contribution in [-0.2, 0) is 14.8 Å². The molecule has 0 aromatic heterocycles. The molecule has 0 fully saturated rings. The number of nitrogens with one attached hydrogen (secondary N) is 1. The zero-order valence-electron chi connectivity index (χ0n) is 14.8. The summed E-state index contributed by atoms with van der Waals surface area (Å²) >= 11 is 0. The highest BCUT2D eigenvalue weighted by atomic mass is 32.2. The van der Waals surface area contributed by atoms with Crippen LogP contribution in [-0.4, -0.2) is 34.5 Å². The molecule has 2 aromatic carbocycles. The molecule has 8 heteroatoms. The van der Waals surface area contributed by atoms with E-state index >= 15 is 0 Å². The molecule has 26 heavy (non-hydrogen) atoms. The maximum Gasteiger partial charge on any atom is 0.240 e. The van der Waals surface area contributed by atoms with E-state index in [1.807, 2.05) is 0 Å². The molecule has 1 N–H and O–H groups in total. The van der Waals surface area contributed by atoms with E-state index in [4.69, 9.17) is 4.74 Å². The van der Waals surface area contributed by atoms with Gasteiger partial charge < -0.3 is 9.64 Å². The third kappa shape index (κ3) is 4.80. The first-order chi connectivity index (χ1) is 12.2. The molecule has 1 amide bonds. The Morgan fingerprint density at radius 1 is 1.19 bits per heavy atom. The second kappa shape index (κ2) is 8.29. The van der Waals surface area contributed by atoms with Gasteiger partial charge in [0.2, 0.25) is 15.9 Å².